The van der Waals surface area contributed by atoms with Crippen molar-refractivity contribution in [2.24, 2.45) is 5.73 Å². The number of hydrogen-bond donors (Lipinski definition) is 2. The first kappa shape index (κ1) is 18.4. The molecule has 1 saturated carbocycles. The van der Waals surface area contributed by atoms with Gasteiger partial charge in [-0.1, -0.05) is 0 Å². The van der Waals surface area contributed by atoms with Crippen LogP contribution in [0.3, 0.4) is 0 Å². The number of hydrogen-bond acceptors (Lipinski definition) is 5. The molecule has 1 amide bonds. The van der Waals surface area contributed by atoms with Crippen molar-refractivity contribution in [2.75, 3.05) is 6.54 Å². The van der Waals surface area contributed by atoms with Gasteiger partial charge >= 0.3 is 0 Å². The number of carbonyl (C=O) groups is 1. The molecule has 3 rings (SSSR count). The van der Waals surface area contributed by atoms with Crippen LogP contribution in [-0.4, -0.2) is 44.7 Å². The second kappa shape index (κ2) is 7.86. The van der Waals surface area contributed by atoms with Gasteiger partial charge in [0.2, 0.25) is 0 Å². The van der Waals surface area contributed by atoms with Crippen LogP contribution >= 0.6 is 0 Å². The van der Waals surface area contributed by atoms with Gasteiger partial charge in [-0.15, -0.1) is 0 Å². The van der Waals surface area contributed by atoms with E-state index >= 15 is 0 Å². The maximum Gasteiger partial charge on any atom is 0.267 e. The van der Waals surface area contributed by atoms with E-state index in [0.717, 1.165) is 25.7 Å². The lowest BCUT2D eigenvalue weighted by molar-refractivity contribution is 0.0995. The molecule has 2 aromatic heterocycles. The molecule has 2 aromatic rings. The lowest BCUT2D eigenvalue weighted by Crippen LogP contribution is -2.36. The van der Waals surface area contributed by atoms with Gasteiger partial charge in [-0.05, 0) is 38.7 Å². The lowest BCUT2D eigenvalue weighted by atomic mass is 9.91. The molecule has 0 unspecified atom stereocenters. The Morgan fingerprint density at radius 3 is 2.73 bits per heavy atom. The third kappa shape index (κ3) is 4.40. The molecule has 3 N–H and O–H groups in total. The number of nitrogens with zero attached hydrogens (tertiary/aromatic N) is 4. The highest BCUT2D eigenvalue weighted by Crippen LogP contribution is 2.29. The van der Waals surface area contributed by atoms with E-state index in [1.807, 2.05) is 10.9 Å². The molecule has 0 radical (unpaired) electrons. The van der Waals surface area contributed by atoms with E-state index in [2.05, 4.69) is 20.4 Å². The van der Waals surface area contributed by atoms with Crippen molar-refractivity contribution in [1.29, 1.82) is 0 Å². The minimum atomic E-state index is -2.32. The fraction of sp³-hybridized carbons (Fsp3) is 0.529. The number of carbonyl (C=O) groups excluding carboxylic acids is 1. The first-order valence-corrected chi connectivity index (χ1v) is 8.64. The number of rotatable bonds is 6. The number of halogens is 2. The molecule has 0 aliphatic heterocycles. The predicted octanol–water partition coefficient (Wildman–Crippen LogP) is 2.09. The average Bonchev–Trinajstić information content (AvgIpc) is 3.10. The van der Waals surface area contributed by atoms with Gasteiger partial charge < -0.3 is 11.1 Å². The van der Waals surface area contributed by atoms with Crippen LogP contribution in [0, 0.1) is 6.92 Å². The molecule has 1 aliphatic rings. The topological polar surface area (TPSA) is 98.7 Å². The second-order valence-electron chi connectivity index (χ2n) is 6.60. The van der Waals surface area contributed by atoms with Crippen LogP contribution < -0.4 is 11.1 Å². The monoisotopic (exact) mass is 364 g/mol. The van der Waals surface area contributed by atoms with Crippen molar-refractivity contribution >= 4 is 5.91 Å². The summed E-state index contributed by atoms with van der Waals surface area (Å²) in [5.41, 5.74) is 6.85. The zero-order valence-corrected chi connectivity index (χ0v) is 14.5. The number of aryl methyl sites for hydroxylation is 1. The van der Waals surface area contributed by atoms with E-state index in [1.165, 1.54) is 0 Å². The maximum atomic E-state index is 12.3. The summed E-state index contributed by atoms with van der Waals surface area (Å²) >= 11 is 0. The van der Waals surface area contributed by atoms with Crippen LogP contribution in [0.4, 0.5) is 8.78 Å². The molecule has 0 saturated heterocycles. The Labute approximate surface area is 150 Å². The van der Waals surface area contributed by atoms with Gasteiger partial charge in [-0.3, -0.25) is 9.48 Å². The summed E-state index contributed by atoms with van der Waals surface area (Å²) in [5.74, 6) is -0.184. The van der Waals surface area contributed by atoms with Crippen LogP contribution in [0.15, 0.2) is 18.5 Å². The first-order chi connectivity index (χ1) is 12.4. The van der Waals surface area contributed by atoms with Gasteiger partial charge in [-0.2, -0.15) is 5.10 Å². The normalized spacial score (nSPS) is 20.5. The summed E-state index contributed by atoms with van der Waals surface area (Å²) in [4.78, 5) is 19.9. The number of primary amides is 1. The van der Waals surface area contributed by atoms with E-state index in [4.69, 9.17) is 5.73 Å². The van der Waals surface area contributed by atoms with Gasteiger partial charge in [0, 0.05) is 17.9 Å². The van der Waals surface area contributed by atoms with Gasteiger partial charge in [0.25, 0.3) is 12.3 Å². The van der Waals surface area contributed by atoms with E-state index in [9.17, 15) is 13.6 Å². The molecule has 7 nitrogen and oxygen atoms in total. The highest BCUT2D eigenvalue weighted by Gasteiger charge is 2.23. The molecule has 9 heteroatoms. The molecular weight excluding hydrogens is 342 g/mol. The van der Waals surface area contributed by atoms with Crippen LogP contribution in [0.2, 0.25) is 0 Å². The Hall–Kier alpha value is -2.42. The summed E-state index contributed by atoms with van der Waals surface area (Å²) in [7, 11) is 0. The predicted molar refractivity (Wildman–Crippen MR) is 91.8 cm³/mol. The average molecular weight is 364 g/mol. The summed E-state index contributed by atoms with van der Waals surface area (Å²) in [5, 5.41) is 7.30. The lowest BCUT2D eigenvalue weighted by Gasteiger charge is -2.29. The molecule has 26 heavy (non-hydrogen) atoms. The highest BCUT2D eigenvalue weighted by atomic mass is 19.3. The quantitative estimate of drug-likeness (QED) is 0.818. The Kier molecular flexibility index (Phi) is 5.55. The van der Waals surface area contributed by atoms with E-state index in [0.29, 0.717) is 17.1 Å². The Morgan fingerprint density at radius 2 is 2.08 bits per heavy atom. The molecule has 1 fully saturated rings. The summed E-state index contributed by atoms with van der Waals surface area (Å²) in [6, 6.07) is 1.89. The third-order valence-corrected chi connectivity index (χ3v) is 4.60. The fourth-order valence-electron chi connectivity index (χ4n) is 3.28. The van der Waals surface area contributed by atoms with E-state index in [-0.39, 0.29) is 24.3 Å². The number of amides is 1. The molecule has 2 heterocycles. The van der Waals surface area contributed by atoms with E-state index in [1.54, 1.807) is 19.2 Å². The number of alkyl halides is 2. The Morgan fingerprint density at radius 1 is 1.35 bits per heavy atom. The Balaban J connectivity index is 1.67. The van der Waals surface area contributed by atoms with E-state index < -0.39 is 12.3 Å². The molecule has 0 bridgehead atoms. The van der Waals surface area contributed by atoms with Crippen molar-refractivity contribution in [3.05, 3.63) is 29.8 Å². The minimum Gasteiger partial charge on any atom is -0.364 e. The molecule has 140 valence electrons. The van der Waals surface area contributed by atoms with Crippen LogP contribution in [0.5, 0.6) is 0 Å². The highest BCUT2D eigenvalue weighted by molar-refractivity contribution is 5.91. The summed E-state index contributed by atoms with van der Waals surface area (Å²) < 4.78 is 26.4. The number of nitrogens with one attached hydrogen (secondary N) is 1. The zero-order valence-electron chi connectivity index (χ0n) is 14.5. The van der Waals surface area contributed by atoms with Gasteiger partial charge in [-0.25, -0.2) is 18.7 Å². The summed E-state index contributed by atoms with van der Waals surface area (Å²) in [6.07, 6.45) is 4.60. The number of nitrogens with two attached hydrogens (primary N) is 1. The number of aromatic nitrogens is 4. The standard InChI is InChI=1S/C17H22F2N6O/c1-10-6-14(16(20)26)24-17(23-10)11-7-22-25(9-11)13-4-2-12(3-5-13)21-8-15(18)19/h6-7,9,12-13,15,21H,2-5,8H2,1H3,(H2,20,26). The fourth-order valence-corrected chi connectivity index (χ4v) is 3.28. The van der Waals surface area contributed by atoms with Crippen molar-refractivity contribution in [3.8, 4) is 11.4 Å². The minimum absolute atomic E-state index is 0.133. The van der Waals surface area contributed by atoms with Crippen LogP contribution in [-0.2, 0) is 0 Å². The molecule has 0 atom stereocenters. The molecular formula is C17H22F2N6O. The van der Waals surface area contributed by atoms with Gasteiger partial charge in [0.05, 0.1) is 24.3 Å². The van der Waals surface area contributed by atoms with Crippen molar-refractivity contribution < 1.29 is 13.6 Å². The third-order valence-electron chi connectivity index (χ3n) is 4.60. The molecule has 1 aliphatic carbocycles. The van der Waals surface area contributed by atoms with Gasteiger partial charge in [0.1, 0.15) is 5.69 Å². The largest absolute Gasteiger partial charge is 0.364 e. The molecule has 0 spiro atoms. The van der Waals surface area contributed by atoms with Crippen molar-refractivity contribution in [3.63, 3.8) is 0 Å². The first-order valence-electron chi connectivity index (χ1n) is 8.64. The van der Waals surface area contributed by atoms with Crippen LogP contribution in [0.1, 0.15) is 47.9 Å². The van der Waals surface area contributed by atoms with Gasteiger partial charge in [0.15, 0.2) is 5.82 Å². The second-order valence-corrected chi connectivity index (χ2v) is 6.60. The van der Waals surface area contributed by atoms with Crippen molar-refractivity contribution in [2.45, 2.75) is 51.1 Å². The summed E-state index contributed by atoms with van der Waals surface area (Å²) in [6.45, 7) is 1.52. The zero-order chi connectivity index (χ0) is 18.7. The Bertz CT molecular complexity index is 770. The van der Waals surface area contributed by atoms with Crippen LogP contribution in [0.25, 0.3) is 11.4 Å². The maximum absolute atomic E-state index is 12.3. The smallest absolute Gasteiger partial charge is 0.267 e. The SMILES string of the molecule is Cc1cc(C(N)=O)nc(-c2cnn(C3CCC(NCC(F)F)CC3)c2)n1. The van der Waals surface area contributed by atoms with Crippen molar-refractivity contribution in [1.82, 2.24) is 25.1 Å². The molecule has 0 aromatic carbocycles.